The second-order valence-corrected chi connectivity index (χ2v) is 31.5. The van der Waals surface area contributed by atoms with Crippen molar-refractivity contribution in [2.75, 3.05) is 84.4 Å². The molecule has 9 aromatic heterocycles. The van der Waals surface area contributed by atoms with E-state index < -0.39 is 0 Å². The fraction of sp³-hybridized carbons (Fsp3) is 0.305. The molecule has 536 valence electrons. The van der Waals surface area contributed by atoms with Crippen molar-refractivity contribution in [2.24, 2.45) is 0 Å². The molecule has 14 rings (SSSR count). The molecule has 0 fully saturated rings. The third-order valence-corrected chi connectivity index (χ3v) is 21.6. The van der Waals surface area contributed by atoms with E-state index in [4.69, 9.17) is 34.2 Å². The molecule has 104 heavy (non-hydrogen) atoms. The first-order valence-electron chi connectivity index (χ1n) is 34.8. The Kier molecular flexibility index (Phi) is 21.4. The van der Waals surface area contributed by atoms with Crippen molar-refractivity contribution in [1.82, 2.24) is 59.4 Å². The number of fused-ring (bicyclic) bond motifs is 3. The van der Waals surface area contributed by atoms with Crippen LogP contribution >= 0.6 is 34.0 Å². The van der Waals surface area contributed by atoms with Gasteiger partial charge in [0.05, 0.1) is 76.7 Å². The third-order valence-electron chi connectivity index (χ3n) is 17.8. The smallest absolute Gasteiger partial charge is 0.189 e. The van der Waals surface area contributed by atoms with E-state index in [0.717, 1.165) is 111 Å². The van der Waals surface area contributed by atoms with Gasteiger partial charge in [-0.25, -0.2) is 0 Å². The zero-order valence-electron chi connectivity index (χ0n) is 63.1. The summed E-state index contributed by atoms with van der Waals surface area (Å²) in [5.74, 6) is 5.38. The molecule has 0 bridgehead atoms. The topological polar surface area (TPSA) is 176 Å². The molecule has 0 N–H and O–H groups in total. The van der Waals surface area contributed by atoms with Crippen LogP contribution in [0.4, 0.5) is 15.0 Å². The molecule has 0 aliphatic heterocycles. The Morgan fingerprint density at radius 1 is 0.471 bits per heavy atom. The molecule has 0 aliphatic carbocycles. The highest BCUT2D eigenvalue weighted by Crippen LogP contribution is 2.42. The van der Waals surface area contributed by atoms with Crippen LogP contribution in [0.15, 0.2) is 140 Å². The number of hydrogen-bond donors (Lipinski definition) is 0. The summed E-state index contributed by atoms with van der Waals surface area (Å²) in [6.45, 7) is 27.4. The number of hydrogen-bond acceptors (Lipinski definition) is 19. The first-order valence-corrected chi connectivity index (χ1v) is 37.2. The average Bonchev–Trinajstić information content (AvgIpc) is 1.60. The van der Waals surface area contributed by atoms with E-state index >= 15 is 0 Å². The Balaban J connectivity index is 0.000000147. The number of benzene rings is 5. The molecule has 0 aliphatic rings. The predicted octanol–water partition coefficient (Wildman–Crippen LogP) is 15.9. The van der Waals surface area contributed by atoms with Gasteiger partial charge in [0.1, 0.15) is 23.0 Å². The van der Waals surface area contributed by atoms with E-state index in [9.17, 15) is 0 Å². The SMILES string of the molecule is CCOc1ccccc1-c1nnc2/c(=C\c3sc(N(C)CC)cc3C)c(C(C)(C)C)nn12.COc1ccc(-c2cc(/C=c3/c(C(C)C)nn4c(-c5ccccc5OC)nnc34)sc2N(C)C)cc1.COc1ccccc1-c1nnc2/c(=C\c3cc(-c4ccc(C)cc4)c(N(C)C)s3)c(C(C)(C)C)nn12. The Bertz CT molecular complexity index is 5530. The van der Waals surface area contributed by atoms with Gasteiger partial charge in [-0.2, -0.15) is 28.8 Å². The number of ether oxygens (including phenoxy) is 4. The van der Waals surface area contributed by atoms with Gasteiger partial charge in [-0.05, 0) is 135 Å². The van der Waals surface area contributed by atoms with Crippen molar-refractivity contribution in [3.63, 3.8) is 0 Å². The Morgan fingerprint density at radius 2 is 0.894 bits per heavy atom. The maximum Gasteiger partial charge on any atom is 0.189 e. The van der Waals surface area contributed by atoms with Gasteiger partial charge in [0.15, 0.2) is 34.4 Å². The monoisotopic (exact) mass is 1450 g/mol. The first-order chi connectivity index (χ1) is 49.8. The fourth-order valence-corrected chi connectivity index (χ4v) is 15.6. The van der Waals surface area contributed by atoms with Gasteiger partial charge >= 0.3 is 0 Å². The maximum absolute atomic E-state index is 5.84. The Hall–Kier alpha value is -10.6. The van der Waals surface area contributed by atoms with Gasteiger partial charge < -0.3 is 33.6 Å². The summed E-state index contributed by atoms with van der Waals surface area (Å²) < 4.78 is 27.9. The summed E-state index contributed by atoms with van der Waals surface area (Å²) in [7, 11) is 15.5. The Labute approximate surface area is 620 Å². The normalized spacial score (nSPS) is 12.4. The molecule has 0 amide bonds. The molecule has 22 heteroatoms. The Morgan fingerprint density at radius 3 is 1.33 bits per heavy atom. The van der Waals surface area contributed by atoms with Crippen molar-refractivity contribution in [3.05, 3.63) is 198 Å². The zero-order chi connectivity index (χ0) is 74.1. The van der Waals surface area contributed by atoms with Crippen LogP contribution in [0.2, 0.25) is 0 Å². The van der Waals surface area contributed by atoms with Crippen LogP contribution in [-0.2, 0) is 10.8 Å². The molecule has 5 aromatic carbocycles. The highest BCUT2D eigenvalue weighted by molar-refractivity contribution is 7.18. The lowest BCUT2D eigenvalue weighted by molar-refractivity contribution is 0.341. The van der Waals surface area contributed by atoms with Crippen molar-refractivity contribution in [2.45, 2.75) is 99.8 Å². The van der Waals surface area contributed by atoms with Gasteiger partial charge in [0.25, 0.3) is 0 Å². The molecule has 9 heterocycles. The lowest BCUT2D eigenvalue weighted by Gasteiger charge is -2.15. The number of rotatable bonds is 18. The highest BCUT2D eigenvalue weighted by Gasteiger charge is 2.29. The molecule has 19 nitrogen and oxygen atoms in total. The van der Waals surface area contributed by atoms with Gasteiger partial charge in [0.2, 0.25) is 0 Å². The molecule has 0 atom stereocenters. The average molecular weight is 1450 g/mol. The molecule has 0 spiro atoms. The van der Waals surface area contributed by atoms with Gasteiger partial charge in [-0.15, -0.1) is 64.6 Å². The molecule has 0 saturated heterocycles. The lowest BCUT2D eigenvalue weighted by atomic mass is 9.91. The number of nitrogens with zero attached hydrogens (tertiary/aromatic N) is 15. The molecule has 0 saturated carbocycles. The van der Waals surface area contributed by atoms with E-state index in [-0.39, 0.29) is 16.7 Å². The van der Waals surface area contributed by atoms with Gasteiger partial charge in [-0.1, -0.05) is 134 Å². The number of thiophene rings is 3. The number of aryl methyl sites for hydroxylation is 2. The number of methoxy groups -OCH3 is 3. The summed E-state index contributed by atoms with van der Waals surface area (Å²) in [6.07, 6.45) is 6.62. The van der Waals surface area contributed by atoms with Crippen molar-refractivity contribution >= 4 is 84.2 Å². The van der Waals surface area contributed by atoms with Gasteiger partial charge in [-0.3, -0.25) is 0 Å². The minimum atomic E-state index is -0.175. The van der Waals surface area contributed by atoms with E-state index in [1.165, 1.54) is 47.7 Å². The lowest BCUT2D eigenvalue weighted by Crippen LogP contribution is -2.22. The fourth-order valence-electron chi connectivity index (χ4n) is 12.4. The van der Waals surface area contributed by atoms with Gasteiger partial charge in [0, 0.05) is 94.0 Å². The van der Waals surface area contributed by atoms with Crippen LogP contribution in [0.3, 0.4) is 0 Å². The largest absolute Gasteiger partial charge is 0.497 e. The summed E-state index contributed by atoms with van der Waals surface area (Å²) in [6, 6.07) is 47.2. The van der Waals surface area contributed by atoms with E-state index in [1.807, 2.05) is 105 Å². The number of para-hydroxylation sites is 3. The van der Waals surface area contributed by atoms with Crippen molar-refractivity contribution in [1.29, 1.82) is 0 Å². The summed E-state index contributed by atoms with van der Waals surface area (Å²) in [5.41, 5.74) is 14.8. The number of aromatic nitrogens is 12. The molecule has 14 aromatic rings. The van der Waals surface area contributed by atoms with Crippen LogP contribution in [0, 0.1) is 13.8 Å². The second-order valence-electron chi connectivity index (χ2n) is 28.3. The summed E-state index contributed by atoms with van der Waals surface area (Å²) in [4.78, 5) is 10.1. The van der Waals surface area contributed by atoms with E-state index in [2.05, 4.69) is 230 Å². The summed E-state index contributed by atoms with van der Waals surface area (Å²) in [5, 5.41) is 48.9. The third kappa shape index (κ3) is 14.9. The van der Waals surface area contributed by atoms with Crippen molar-refractivity contribution < 1.29 is 18.9 Å². The van der Waals surface area contributed by atoms with Crippen LogP contribution in [-0.4, -0.2) is 129 Å². The van der Waals surface area contributed by atoms with E-state index in [0.29, 0.717) is 24.1 Å². The highest BCUT2D eigenvalue weighted by atomic mass is 32.1. The summed E-state index contributed by atoms with van der Waals surface area (Å²) >= 11 is 5.31. The second kappa shape index (κ2) is 30.4. The van der Waals surface area contributed by atoms with Crippen LogP contribution < -0.4 is 49.3 Å². The van der Waals surface area contributed by atoms with E-state index in [1.54, 1.807) is 55.3 Å². The minimum Gasteiger partial charge on any atom is -0.497 e. The minimum absolute atomic E-state index is 0.141. The molecular formula is C82H91N15O4S3. The van der Waals surface area contributed by atoms with Crippen LogP contribution in [0.1, 0.15) is 118 Å². The molecular weight excluding hydrogens is 1360 g/mol. The van der Waals surface area contributed by atoms with Crippen molar-refractivity contribution in [3.8, 4) is 79.4 Å². The zero-order valence-corrected chi connectivity index (χ0v) is 65.5. The quantitative estimate of drug-likeness (QED) is 0.0792. The predicted molar refractivity (Wildman–Crippen MR) is 428 cm³/mol. The van der Waals surface area contributed by atoms with Crippen LogP contribution in [0.25, 0.3) is 91.6 Å². The standard InChI is InChI=1S/C29H31N5OS.C28H29N5O2S.C25H31N5OS/c1-18-12-14-19(15-13-18)22-16-20(36-28(22)33(5)6)17-23-25(29(2,3)4)32-34-26(30-31-27(23)34)21-10-8-9-11-24(21)35-7;1-17(2)25-23(27-30-29-26(33(27)31-25)21-9-7-8-10-24(21)35-6)16-20-15-22(28(36-20)32(3)4)18-11-13-19(34-5)14-12-18;1-8-29(7)21-14-16(3)20(32-21)15-18-22(25(4,5)6)28-30-23(26-27-24(18)30)17-12-10-11-13-19(17)31-9-2/h8-17H,1-7H3;7-17H,1-6H3;10-15H,8-9H2,1-7H3/b23-17-;23-16-;18-15-. The number of anilines is 3. The molecule has 0 unspecified atom stereocenters. The molecule has 0 radical (unpaired) electrons. The maximum atomic E-state index is 5.84. The first kappa shape index (κ1) is 73.2. The van der Waals surface area contributed by atoms with Crippen LogP contribution in [0.5, 0.6) is 23.0 Å².